The predicted molar refractivity (Wildman–Crippen MR) is 81.8 cm³/mol. The number of nitrogens with zero attached hydrogens (tertiary/aromatic N) is 2. The number of aliphatic imine (C=N–C) groups is 1. The zero-order valence-electron chi connectivity index (χ0n) is 11.0. The molecule has 0 aliphatic rings. The van der Waals surface area contributed by atoms with E-state index in [9.17, 15) is 4.57 Å². The molecule has 1 atom stereocenters. The fourth-order valence-electron chi connectivity index (χ4n) is 1.26. The normalized spacial score (nSPS) is 14.6. The average Bonchev–Trinajstić information content (AvgIpc) is 2.43. The Balaban J connectivity index is 2.70. The summed E-state index contributed by atoms with van der Waals surface area (Å²) in [5.74, 6) is 0.863. The van der Waals surface area contributed by atoms with Crippen LogP contribution in [0.15, 0.2) is 35.3 Å². The first kappa shape index (κ1) is 15.3. The van der Waals surface area contributed by atoms with Crippen LogP contribution in [0.5, 0.6) is 0 Å². The Morgan fingerprint density at radius 3 is 2.67 bits per heavy atom. The second-order valence-electron chi connectivity index (χ2n) is 3.73. The van der Waals surface area contributed by atoms with Crippen LogP contribution in [-0.4, -0.2) is 30.9 Å². The number of hydrogen-bond acceptors (Lipinski definition) is 3. The van der Waals surface area contributed by atoms with Gasteiger partial charge in [-0.1, -0.05) is 36.5 Å². The van der Waals surface area contributed by atoms with Gasteiger partial charge < -0.3 is 0 Å². The van der Waals surface area contributed by atoms with E-state index in [1.807, 2.05) is 30.3 Å². The van der Waals surface area contributed by atoms with Crippen LogP contribution in [0.25, 0.3) is 0 Å². The molecule has 0 saturated heterocycles. The molecule has 6 heteroatoms. The van der Waals surface area contributed by atoms with E-state index in [0.29, 0.717) is 0 Å². The summed E-state index contributed by atoms with van der Waals surface area (Å²) >= 11 is 1.45. The first-order valence-electron chi connectivity index (χ1n) is 5.88. The molecule has 0 bridgehead atoms. The third-order valence-electron chi connectivity index (χ3n) is 2.30. The monoisotopic (exact) mass is 285 g/mol. The molecule has 1 rings (SSSR count). The average molecular weight is 285 g/mol. The van der Waals surface area contributed by atoms with Crippen molar-refractivity contribution in [3.8, 4) is 0 Å². The molecule has 1 aromatic rings. The molecule has 0 heterocycles. The summed E-state index contributed by atoms with van der Waals surface area (Å²) in [6, 6.07) is 9.62. The fraction of sp³-hybridized carbons (Fsp3) is 0.417. The molecule has 4 nitrogen and oxygen atoms in total. The van der Waals surface area contributed by atoms with Crippen molar-refractivity contribution in [1.82, 2.24) is 9.76 Å². The van der Waals surface area contributed by atoms with Crippen molar-refractivity contribution in [2.24, 2.45) is 4.99 Å². The molecule has 1 aromatic carbocycles. The molecule has 1 N–H and O–H groups in total. The van der Waals surface area contributed by atoms with E-state index >= 15 is 0 Å². The standard InChI is InChI=1S/C12H20N3OPS/c1-4-10-18-17(16,13-2)15(3)11-14-12-8-6-5-7-9-12/h5-9,11H,4,10H2,1-3H3,(H,13,16). The summed E-state index contributed by atoms with van der Waals surface area (Å²) in [4.78, 5) is 4.30. The van der Waals surface area contributed by atoms with Crippen molar-refractivity contribution in [3.63, 3.8) is 0 Å². The maximum Gasteiger partial charge on any atom is 0.292 e. The van der Waals surface area contributed by atoms with Gasteiger partial charge in [-0.3, -0.25) is 9.24 Å². The first-order valence-corrected chi connectivity index (χ1v) is 9.13. The molecular formula is C12H20N3OPS. The molecule has 0 aromatic heterocycles. The fourth-order valence-corrected chi connectivity index (χ4v) is 4.86. The summed E-state index contributed by atoms with van der Waals surface area (Å²) in [5.41, 5.74) is 0.854. The van der Waals surface area contributed by atoms with E-state index in [4.69, 9.17) is 0 Å². The highest BCUT2D eigenvalue weighted by Crippen LogP contribution is 2.56. The van der Waals surface area contributed by atoms with Gasteiger partial charge >= 0.3 is 0 Å². The molecule has 0 spiro atoms. The summed E-state index contributed by atoms with van der Waals surface area (Å²) < 4.78 is 14.2. The van der Waals surface area contributed by atoms with E-state index in [2.05, 4.69) is 17.0 Å². The molecule has 0 radical (unpaired) electrons. The molecule has 0 amide bonds. The number of para-hydroxylation sites is 1. The Morgan fingerprint density at radius 1 is 1.44 bits per heavy atom. The van der Waals surface area contributed by atoms with Crippen LogP contribution in [0.3, 0.4) is 0 Å². The number of benzene rings is 1. The lowest BCUT2D eigenvalue weighted by Gasteiger charge is -2.24. The maximum atomic E-state index is 12.5. The Hall–Kier alpha value is -0.770. The smallest absolute Gasteiger partial charge is 0.292 e. The molecule has 0 saturated carbocycles. The zero-order valence-corrected chi connectivity index (χ0v) is 12.7. The van der Waals surface area contributed by atoms with Crippen LogP contribution in [0.4, 0.5) is 5.69 Å². The molecule has 1 unspecified atom stereocenters. The highest BCUT2D eigenvalue weighted by atomic mass is 32.7. The number of nitrogens with one attached hydrogen (secondary N) is 1. The van der Waals surface area contributed by atoms with Crippen molar-refractivity contribution in [1.29, 1.82) is 0 Å². The van der Waals surface area contributed by atoms with E-state index in [-0.39, 0.29) is 0 Å². The van der Waals surface area contributed by atoms with Gasteiger partial charge in [-0.15, -0.1) is 0 Å². The third kappa shape index (κ3) is 4.48. The van der Waals surface area contributed by atoms with E-state index < -0.39 is 6.65 Å². The lowest BCUT2D eigenvalue weighted by Crippen LogP contribution is -2.19. The maximum absolute atomic E-state index is 12.5. The largest absolute Gasteiger partial charge is 0.297 e. The highest BCUT2D eigenvalue weighted by Gasteiger charge is 2.23. The van der Waals surface area contributed by atoms with Gasteiger partial charge in [-0.25, -0.2) is 10.1 Å². The molecule has 0 aliphatic heterocycles. The zero-order chi connectivity index (χ0) is 13.4. The lowest BCUT2D eigenvalue weighted by atomic mass is 10.3. The summed E-state index contributed by atoms with van der Waals surface area (Å²) in [6.07, 6.45) is 2.62. The van der Waals surface area contributed by atoms with E-state index in [1.54, 1.807) is 25.1 Å². The molecular weight excluding hydrogens is 265 g/mol. The van der Waals surface area contributed by atoms with Gasteiger partial charge in [-0.05, 0) is 25.6 Å². The van der Waals surface area contributed by atoms with Crippen LogP contribution in [0.2, 0.25) is 0 Å². The van der Waals surface area contributed by atoms with Crippen molar-refractivity contribution >= 4 is 30.1 Å². The van der Waals surface area contributed by atoms with Crippen LogP contribution < -0.4 is 5.09 Å². The van der Waals surface area contributed by atoms with E-state index in [0.717, 1.165) is 17.9 Å². The molecule has 100 valence electrons. The minimum absolute atomic E-state index is 0.854. The van der Waals surface area contributed by atoms with Crippen molar-refractivity contribution < 1.29 is 4.57 Å². The SMILES string of the molecule is CCCSP(=O)(NC)N(C)C=Nc1ccccc1. The number of hydrogen-bond donors (Lipinski definition) is 1. The minimum Gasteiger partial charge on any atom is -0.297 e. The van der Waals surface area contributed by atoms with Crippen LogP contribution >= 0.6 is 18.0 Å². The van der Waals surface area contributed by atoms with Crippen molar-refractivity contribution in [3.05, 3.63) is 30.3 Å². The highest BCUT2D eigenvalue weighted by molar-refractivity contribution is 8.56. The quantitative estimate of drug-likeness (QED) is 0.471. The van der Waals surface area contributed by atoms with Gasteiger partial charge in [0.1, 0.15) is 0 Å². The van der Waals surface area contributed by atoms with Gasteiger partial charge in [-0.2, -0.15) is 0 Å². The second-order valence-corrected chi connectivity index (χ2v) is 8.78. The summed E-state index contributed by atoms with van der Waals surface area (Å²) in [7, 11) is 3.50. The third-order valence-corrected chi connectivity index (χ3v) is 7.66. The summed E-state index contributed by atoms with van der Waals surface area (Å²) in [5, 5.41) is 2.90. The summed E-state index contributed by atoms with van der Waals surface area (Å²) in [6.45, 7) is -0.520. The Morgan fingerprint density at radius 2 is 2.11 bits per heavy atom. The molecule has 18 heavy (non-hydrogen) atoms. The van der Waals surface area contributed by atoms with Crippen molar-refractivity contribution in [2.75, 3.05) is 19.8 Å². The predicted octanol–water partition coefficient (Wildman–Crippen LogP) is 3.75. The number of rotatable bonds is 7. The van der Waals surface area contributed by atoms with Gasteiger partial charge in [0.05, 0.1) is 12.0 Å². The molecule has 0 aliphatic carbocycles. The van der Waals surface area contributed by atoms with Gasteiger partial charge in [0.2, 0.25) is 0 Å². The van der Waals surface area contributed by atoms with Crippen LogP contribution in [0, 0.1) is 0 Å². The Kier molecular flexibility index (Phi) is 6.47. The van der Waals surface area contributed by atoms with Gasteiger partial charge in [0.25, 0.3) is 6.65 Å². The second kappa shape index (κ2) is 7.62. The van der Waals surface area contributed by atoms with Crippen LogP contribution in [0.1, 0.15) is 13.3 Å². The van der Waals surface area contributed by atoms with Crippen LogP contribution in [-0.2, 0) is 4.57 Å². The van der Waals surface area contributed by atoms with Gasteiger partial charge in [0.15, 0.2) is 0 Å². The Bertz CT molecular complexity index is 425. The van der Waals surface area contributed by atoms with Crippen molar-refractivity contribution in [2.45, 2.75) is 13.3 Å². The van der Waals surface area contributed by atoms with E-state index in [1.165, 1.54) is 11.4 Å². The molecule has 0 fully saturated rings. The van der Waals surface area contributed by atoms with Gasteiger partial charge in [0, 0.05) is 12.8 Å². The first-order chi connectivity index (χ1) is 8.62. The topological polar surface area (TPSA) is 44.7 Å². The lowest BCUT2D eigenvalue weighted by molar-refractivity contribution is 0.551. The Labute approximate surface area is 113 Å². The minimum atomic E-state index is -2.59.